The lowest BCUT2D eigenvalue weighted by Gasteiger charge is -2.15. The van der Waals surface area contributed by atoms with E-state index in [0.29, 0.717) is 12.1 Å². The Labute approximate surface area is 170 Å². The maximum Gasteiger partial charge on any atom is 0.315 e. The second kappa shape index (κ2) is 8.89. The standard InChI is InChI=1S/C20H23N5O3S/c1-24(2)29(27,28)19-11-7-6-8-17(19)14-22-20(26)21-12-16-13-23-25(15-16)18-9-4-3-5-10-18/h3-11,13,15H,12,14H2,1-2H3,(H2,21,22,26). The van der Waals surface area contributed by atoms with Crippen LogP contribution in [0, 0.1) is 0 Å². The first-order valence-corrected chi connectivity index (χ1v) is 10.4. The topological polar surface area (TPSA) is 96.3 Å². The van der Waals surface area contributed by atoms with Crippen LogP contribution in [-0.4, -0.2) is 42.6 Å². The molecule has 0 aliphatic carbocycles. The number of amides is 2. The van der Waals surface area contributed by atoms with Crippen molar-refractivity contribution in [2.75, 3.05) is 14.1 Å². The molecule has 1 heterocycles. The minimum absolute atomic E-state index is 0.0956. The molecular weight excluding hydrogens is 390 g/mol. The Morgan fingerprint density at radius 2 is 1.66 bits per heavy atom. The third-order valence-corrected chi connectivity index (χ3v) is 6.20. The van der Waals surface area contributed by atoms with Crippen molar-refractivity contribution in [1.29, 1.82) is 0 Å². The van der Waals surface area contributed by atoms with Gasteiger partial charge in [-0.3, -0.25) is 0 Å². The van der Waals surface area contributed by atoms with Crippen molar-refractivity contribution in [3.8, 4) is 5.69 Å². The fourth-order valence-electron chi connectivity index (χ4n) is 2.69. The molecule has 0 atom stereocenters. The zero-order chi connectivity index (χ0) is 20.9. The van der Waals surface area contributed by atoms with E-state index in [0.717, 1.165) is 15.6 Å². The van der Waals surface area contributed by atoms with E-state index in [1.165, 1.54) is 20.2 Å². The number of urea groups is 1. The maximum atomic E-state index is 12.4. The van der Waals surface area contributed by atoms with Crippen LogP contribution in [0.5, 0.6) is 0 Å². The summed E-state index contributed by atoms with van der Waals surface area (Å²) in [4.78, 5) is 12.3. The van der Waals surface area contributed by atoms with Gasteiger partial charge in [0.1, 0.15) is 0 Å². The van der Waals surface area contributed by atoms with Gasteiger partial charge >= 0.3 is 6.03 Å². The molecular formula is C20H23N5O3S. The van der Waals surface area contributed by atoms with Gasteiger partial charge in [0.05, 0.1) is 16.8 Å². The highest BCUT2D eigenvalue weighted by Gasteiger charge is 2.20. The lowest BCUT2D eigenvalue weighted by Crippen LogP contribution is -2.35. The first kappa shape index (κ1) is 20.6. The van der Waals surface area contributed by atoms with Crippen LogP contribution in [0.25, 0.3) is 5.69 Å². The Bertz CT molecular complexity index is 1080. The zero-order valence-corrected chi connectivity index (χ0v) is 17.1. The van der Waals surface area contributed by atoms with Gasteiger partial charge in [0.25, 0.3) is 0 Å². The summed E-state index contributed by atoms with van der Waals surface area (Å²) in [5.41, 5.74) is 2.30. The number of rotatable bonds is 7. The molecule has 29 heavy (non-hydrogen) atoms. The van der Waals surface area contributed by atoms with E-state index in [2.05, 4.69) is 15.7 Å². The van der Waals surface area contributed by atoms with Gasteiger partial charge in [-0.1, -0.05) is 36.4 Å². The monoisotopic (exact) mass is 413 g/mol. The Hall–Kier alpha value is -3.17. The summed E-state index contributed by atoms with van der Waals surface area (Å²) >= 11 is 0. The molecule has 0 spiro atoms. The Kier molecular flexibility index (Phi) is 6.30. The van der Waals surface area contributed by atoms with Crippen molar-refractivity contribution >= 4 is 16.1 Å². The maximum absolute atomic E-state index is 12.4. The number of carbonyl (C=O) groups excluding carboxylic acids is 1. The van der Waals surface area contributed by atoms with Gasteiger partial charge < -0.3 is 10.6 Å². The van der Waals surface area contributed by atoms with Crippen molar-refractivity contribution in [3.05, 3.63) is 78.1 Å². The molecule has 0 aliphatic heterocycles. The summed E-state index contributed by atoms with van der Waals surface area (Å²) in [5, 5.41) is 9.74. The molecule has 3 rings (SSSR count). The van der Waals surface area contributed by atoms with E-state index in [1.807, 2.05) is 36.5 Å². The number of hydrogen-bond donors (Lipinski definition) is 2. The number of hydrogen-bond acceptors (Lipinski definition) is 4. The highest BCUT2D eigenvalue weighted by atomic mass is 32.2. The average molecular weight is 414 g/mol. The summed E-state index contributed by atoms with van der Waals surface area (Å²) < 4.78 is 27.7. The summed E-state index contributed by atoms with van der Waals surface area (Å²) in [5.74, 6) is 0. The van der Waals surface area contributed by atoms with Crippen molar-refractivity contribution < 1.29 is 13.2 Å². The normalized spacial score (nSPS) is 11.4. The molecule has 3 aromatic rings. The summed E-state index contributed by atoms with van der Waals surface area (Å²) in [7, 11) is -0.636. The van der Waals surface area contributed by atoms with Gasteiger partial charge in [-0.15, -0.1) is 0 Å². The Balaban J connectivity index is 1.57. The number of para-hydroxylation sites is 1. The fraction of sp³-hybridized carbons (Fsp3) is 0.200. The van der Waals surface area contributed by atoms with Gasteiger partial charge in [-0.2, -0.15) is 5.10 Å². The van der Waals surface area contributed by atoms with E-state index >= 15 is 0 Å². The number of carbonyl (C=O) groups is 1. The minimum Gasteiger partial charge on any atom is -0.334 e. The molecule has 0 bridgehead atoms. The van der Waals surface area contributed by atoms with Crippen LogP contribution in [0.2, 0.25) is 0 Å². The molecule has 1 aromatic heterocycles. The molecule has 2 aromatic carbocycles. The second-order valence-electron chi connectivity index (χ2n) is 6.56. The predicted molar refractivity (Wildman–Crippen MR) is 110 cm³/mol. The predicted octanol–water partition coefficient (Wildman–Crippen LogP) is 2.12. The van der Waals surface area contributed by atoms with Crippen LogP contribution >= 0.6 is 0 Å². The van der Waals surface area contributed by atoms with E-state index < -0.39 is 16.1 Å². The average Bonchev–Trinajstić information content (AvgIpc) is 3.20. The molecule has 2 N–H and O–H groups in total. The number of nitrogens with one attached hydrogen (secondary N) is 2. The molecule has 0 unspecified atom stereocenters. The van der Waals surface area contributed by atoms with Gasteiger partial charge in [0.15, 0.2) is 0 Å². The van der Waals surface area contributed by atoms with Crippen LogP contribution in [-0.2, 0) is 23.1 Å². The molecule has 8 nitrogen and oxygen atoms in total. The largest absolute Gasteiger partial charge is 0.334 e. The van der Waals surface area contributed by atoms with Gasteiger partial charge in [0, 0.05) is 38.9 Å². The van der Waals surface area contributed by atoms with Crippen molar-refractivity contribution in [2.24, 2.45) is 0 Å². The van der Waals surface area contributed by atoms with Gasteiger partial charge in [-0.25, -0.2) is 22.2 Å². The van der Waals surface area contributed by atoms with Crippen LogP contribution in [0.3, 0.4) is 0 Å². The quantitative estimate of drug-likeness (QED) is 0.620. The molecule has 2 amide bonds. The van der Waals surface area contributed by atoms with Crippen molar-refractivity contribution in [3.63, 3.8) is 0 Å². The van der Waals surface area contributed by atoms with E-state index in [1.54, 1.807) is 29.1 Å². The number of nitrogens with zero attached hydrogens (tertiary/aromatic N) is 3. The lowest BCUT2D eigenvalue weighted by atomic mass is 10.2. The summed E-state index contributed by atoms with van der Waals surface area (Å²) in [6.07, 6.45) is 3.53. The van der Waals surface area contributed by atoms with Gasteiger partial charge in [0.2, 0.25) is 10.0 Å². The highest BCUT2D eigenvalue weighted by molar-refractivity contribution is 7.89. The van der Waals surface area contributed by atoms with Crippen LogP contribution in [0.15, 0.2) is 71.9 Å². The minimum atomic E-state index is -3.58. The third-order valence-electron chi connectivity index (χ3n) is 4.28. The highest BCUT2D eigenvalue weighted by Crippen LogP contribution is 2.18. The SMILES string of the molecule is CN(C)S(=O)(=O)c1ccccc1CNC(=O)NCc1cnn(-c2ccccc2)c1. The molecule has 0 fully saturated rings. The first-order chi connectivity index (χ1) is 13.9. The Morgan fingerprint density at radius 1 is 1.00 bits per heavy atom. The lowest BCUT2D eigenvalue weighted by molar-refractivity contribution is 0.240. The third kappa shape index (κ3) is 5.01. The van der Waals surface area contributed by atoms with Crippen LogP contribution in [0.1, 0.15) is 11.1 Å². The number of sulfonamides is 1. The van der Waals surface area contributed by atoms with Gasteiger partial charge in [-0.05, 0) is 23.8 Å². The molecule has 0 radical (unpaired) electrons. The fourth-order valence-corrected chi connectivity index (χ4v) is 3.81. The zero-order valence-electron chi connectivity index (χ0n) is 16.2. The van der Waals surface area contributed by atoms with Crippen LogP contribution in [0.4, 0.5) is 4.79 Å². The summed E-state index contributed by atoms with van der Waals surface area (Å²) in [6.45, 7) is 0.397. The van der Waals surface area contributed by atoms with Crippen molar-refractivity contribution in [1.82, 2.24) is 24.7 Å². The summed E-state index contributed by atoms with van der Waals surface area (Å²) in [6, 6.07) is 15.9. The smallest absolute Gasteiger partial charge is 0.315 e. The molecule has 152 valence electrons. The molecule has 0 saturated carbocycles. The van der Waals surface area contributed by atoms with E-state index in [-0.39, 0.29) is 11.4 Å². The molecule has 0 saturated heterocycles. The van der Waals surface area contributed by atoms with Crippen molar-refractivity contribution in [2.45, 2.75) is 18.0 Å². The first-order valence-electron chi connectivity index (χ1n) is 8.99. The number of aromatic nitrogens is 2. The number of benzene rings is 2. The van der Waals surface area contributed by atoms with E-state index in [4.69, 9.17) is 0 Å². The van der Waals surface area contributed by atoms with Crippen LogP contribution < -0.4 is 10.6 Å². The molecule has 0 aliphatic rings. The van der Waals surface area contributed by atoms with E-state index in [9.17, 15) is 13.2 Å². The molecule has 9 heteroatoms. The second-order valence-corrected chi connectivity index (χ2v) is 8.68. The Morgan fingerprint density at radius 3 is 2.38 bits per heavy atom.